The molecular formula is C29H33N5O4S. The Hall–Kier alpha value is -4.05. The molecule has 3 N–H and O–H groups in total. The van der Waals surface area contributed by atoms with E-state index in [4.69, 9.17) is 37.4 Å². The van der Waals surface area contributed by atoms with Crippen molar-refractivity contribution in [3.05, 3.63) is 60.7 Å². The van der Waals surface area contributed by atoms with Crippen LogP contribution < -0.4 is 15.8 Å². The van der Waals surface area contributed by atoms with E-state index in [9.17, 15) is 9.59 Å². The number of aromatic nitrogens is 2. The number of hydrogen-bond donors (Lipinski definition) is 2. The van der Waals surface area contributed by atoms with E-state index in [2.05, 4.69) is 11.9 Å². The summed E-state index contributed by atoms with van der Waals surface area (Å²) in [7, 11) is 1.30. The lowest BCUT2D eigenvalue weighted by atomic mass is 9.85. The zero-order valence-corrected chi connectivity index (χ0v) is 23.3. The second-order valence-electron chi connectivity index (χ2n) is 10.5. The van der Waals surface area contributed by atoms with Crippen molar-refractivity contribution in [3.8, 4) is 17.1 Å². The minimum atomic E-state index is -0.841. The van der Waals surface area contributed by atoms with Gasteiger partial charge in [0.2, 0.25) is 11.8 Å². The number of rotatable bonds is 7. The number of fused-ring (bicyclic) bond motifs is 1. The zero-order valence-electron chi connectivity index (χ0n) is 22.5. The molecule has 1 aliphatic heterocycles. The standard InChI is InChI=1S/C29H33N5O4S/c1-6-17-10-9-11-18(14-17)23-25(32-21-13-8-7-12-20(21)31-23)38-19-15-22(27(36)37-5)34(16-19)26(35)24(29(2,3)4)33-28(30)39/h6-14,19,22,24H,1,15-16H2,2-5H3,(H3,30,33,39)/t19?,22-,24+/m0/s1. The lowest BCUT2D eigenvalue weighted by Gasteiger charge is -2.35. The fraction of sp³-hybridized carbons (Fsp3) is 0.345. The highest BCUT2D eigenvalue weighted by Crippen LogP contribution is 2.33. The van der Waals surface area contributed by atoms with Gasteiger partial charge in [-0.3, -0.25) is 4.79 Å². The molecule has 204 valence electrons. The smallest absolute Gasteiger partial charge is 0.328 e. The average molecular weight is 548 g/mol. The number of amides is 1. The number of para-hydroxylation sites is 2. The zero-order chi connectivity index (χ0) is 28.3. The van der Waals surface area contributed by atoms with E-state index in [-0.39, 0.29) is 24.0 Å². The maximum atomic E-state index is 13.7. The SMILES string of the molecule is C=Cc1cccc(-c2nc3ccccc3nc2OC2C[C@@H](C(=O)OC)N(C(=O)[C@@H](NC(N)=S)C(C)(C)C)C2)c1. The van der Waals surface area contributed by atoms with Gasteiger partial charge in [0.05, 0.1) is 24.7 Å². The second kappa shape index (κ2) is 11.4. The van der Waals surface area contributed by atoms with E-state index >= 15 is 0 Å². The van der Waals surface area contributed by atoms with E-state index in [1.807, 2.05) is 69.3 Å². The Bertz CT molecular complexity index is 1420. The summed E-state index contributed by atoms with van der Waals surface area (Å²) in [5, 5.41) is 2.90. The van der Waals surface area contributed by atoms with Crippen molar-refractivity contribution in [3.63, 3.8) is 0 Å². The summed E-state index contributed by atoms with van der Waals surface area (Å²) in [6, 6.07) is 13.7. The third-order valence-corrected chi connectivity index (χ3v) is 6.75. The van der Waals surface area contributed by atoms with Crippen LogP contribution in [-0.2, 0) is 14.3 Å². The summed E-state index contributed by atoms with van der Waals surface area (Å²) in [5.41, 5.74) is 8.87. The summed E-state index contributed by atoms with van der Waals surface area (Å²) >= 11 is 5.02. The van der Waals surface area contributed by atoms with Gasteiger partial charge in [0.1, 0.15) is 23.9 Å². The van der Waals surface area contributed by atoms with Crippen LogP contribution in [0.25, 0.3) is 28.4 Å². The highest BCUT2D eigenvalue weighted by atomic mass is 32.1. The van der Waals surface area contributed by atoms with E-state index in [1.54, 1.807) is 6.08 Å². The van der Waals surface area contributed by atoms with Crippen LogP contribution in [0.15, 0.2) is 55.1 Å². The van der Waals surface area contributed by atoms with Crippen molar-refractivity contribution in [2.45, 2.75) is 45.4 Å². The van der Waals surface area contributed by atoms with Gasteiger partial charge in [0.15, 0.2) is 5.11 Å². The maximum absolute atomic E-state index is 13.7. The van der Waals surface area contributed by atoms with Gasteiger partial charge in [0.25, 0.3) is 0 Å². The number of esters is 1. The second-order valence-corrected chi connectivity index (χ2v) is 10.9. The largest absolute Gasteiger partial charge is 0.471 e. The van der Waals surface area contributed by atoms with Crippen molar-refractivity contribution in [1.29, 1.82) is 0 Å². The fourth-order valence-electron chi connectivity index (χ4n) is 4.67. The van der Waals surface area contributed by atoms with Crippen LogP contribution >= 0.6 is 12.2 Å². The first-order chi connectivity index (χ1) is 18.5. The highest BCUT2D eigenvalue weighted by molar-refractivity contribution is 7.80. The molecule has 1 aliphatic rings. The number of benzene rings is 2. The predicted molar refractivity (Wildman–Crippen MR) is 155 cm³/mol. The Morgan fingerprint density at radius 2 is 1.87 bits per heavy atom. The van der Waals surface area contributed by atoms with Crippen LogP contribution in [0.5, 0.6) is 5.88 Å². The van der Waals surface area contributed by atoms with Gasteiger partial charge in [-0.25, -0.2) is 14.8 Å². The summed E-state index contributed by atoms with van der Waals surface area (Å²) in [4.78, 5) is 37.6. The first-order valence-corrected chi connectivity index (χ1v) is 13.0. The Kier molecular flexibility index (Phi) is 8.15. The Labute approximate surface area is 233 Å². The van der Waals surface area contributed by atoms with E-state index in [0.29, 0.717) is 17.1 Å². The number of methoxy groups -OCH3 is 1. The molecule has 0 saturated carbocycles. The molecule has 1 unspecified atom stereocenters. The minimum Gasteiger partial charge on any atom is -0.471 e. The van der Waals surface area contributed by atoms with Gasteiger partial charge in [-0.2, -0.15) is 0 Å². The Morgan fingerprint density at radius 3 is 2.49 bits per heavy atom. The van der Waals surface area contributed by atoms with Crippen LogP contribution in [0.3, 0.4) is 0 Å². The van der Waals surface area contributed by atoms with Crippen molar-refractivity contribution < 1.29 is 19.1 Å². The summed E-state index contributed by atoms with van der Waals surface area (Å²) < 4.78 is 11.5. The molecule has 3 aromatic rings. The van der Waals surface area contributed by atoms with Crippen LogP contribution in [0.2, 0.25) is 0 Å². The number of nitrogens with one attached hydrogen (secondary N) is 1. The third-order valence-electron chi connectivity index (χ3n) is 6.63. The Morgan fingerprint density at radius 1 is 1.18 bits per heavy atom. The van der Waals surface area contributed by atoms with Gasteiger partial charge in [-0.1, -0.05) is 63.8 Å². The van der Waals surface area contributed by atoms with Crippen molar-refractivity contribution in [1.82, 2.24) is 20.2 Å². The number of nitrogens with zero attached hydrogens (tertiary/aromatic N) is 3. The maximum Gasteiger partial charge on any atom is 0.328 e. The summed E-state index contributed by atoms with van der Waals surface area (Å²) in [6.07, 6.45) is 1.44. The molecule has 1 fully saturated rings. The average Bonchev–Trinajstić information content (AvgIpc) is 3.33. The van der Waals surface area contributed by atoms with Crippen molar-refractivity contribution in [2.75, 3.05) is 13.7 Å². The minimum absolute atomic E-state index is 0.00252. The predicted octanol–water partition coefficient (Wildman–Crippen LogP) is 3.71. The topological polar surface area (TPSA) is 120 Å². The molecule has 0 bridgehead atoms. The number of ether oxygens (including phenoxy) is 2. The molecule has 10 heteroatoms. The molecule has 0 radical (unpaired) electrons. The molecule has 3 atom stereocenters. The molecule has 2 heterocycles. The molecule has 1 aromatic heterocycles. The van der Waals surface area contributed by atoms with E-state index in [0.717, 1.165) is 16.6 Å². The fourth-order valence-corrected chi connectivity index (χ4v) is 4.79. The van der Waals surface area contributed by atoms with Crippen LogP contribution in [-0.4, -0.2) is 63.7 Å². The van der Waals surface area contributed by atoms with Gasteiger partial charge in [-0.15, -0.1) is 0 Å². The number of carbonyl (C=O) groups excluding carboxylic acids is 2. The van der Waals surface area contributed by atoms with Crippen molar-refractivity contribution >= 4 is 46.3 Å². The van der Waals surface area contributed by atoms with Crippen molar-refractivity contribution in [2.24, 2.45) is 11.1 Å². The summed E-state index contributed by atoms with van der Waals surface area (Å²) in [5.74, 6) is -0.535. The van der Waals surface area contributed by atoms with Gasteiger partial charge in [-0.05, 0) is 41.4 Å². The van der Waals surface area contributed by atoms with Crippen LogP contribution in [0, 0.1) is 5.41 Å². The molecular weight excluding hydrogens is 514 g/mol. The van der Waals surface area contributed by atoms with E-state index in [1.165, 1.54) is 12.0 Å². The number of thiocarbonyl (C=S) groups is 1. The lowest BCUT2D eigenvalue weighted by Crippen LogP contribution is -2.57. The van der Waals surface area contributed by atoms with E-state index < -0.39 is 29.6 Å². The molecule has 9 nitrogen and oxygen atoms in total. The summed E-state index contributed by atoms with van der Waals surface area (Å²) in [6.45, 7) is 9.69. The molecule has 4 rings (SSSR count). The molecule has 1 saturated heterocycles. The molecule has 1 amide bonds. The lowest BCUT2D eigenvalue weighted by molar-refractivity contribution is -0.152. The van der Waals surface area contributed by atoms with Gasteiger partial charge < -0.3 is 25.4 Å². The number of hydrogen-bond acceptors (Lipinski definition) is 7. The number of nitrogens with two attached hydrogens (primary N) is 1. The highest BCUT2D eigenvalue weighted by Gasteiger charge is 2.46. The molecule has 39 heavy (non-hydrogen) atoms. The third kappa shape index (κ3) is 6.17. The monoisotopic (exact) mass is 547 g/mol. The van der Waals surface area contributed by atoms with Gasteiger partial charge >= 0.3 is 5.97 Å². The van der Waals surface area contributed by atoms with Crippen LogP contribution in [0.4, 0.5) is 0 Å². The molecule has 2 aromatic carbocycles. The van der Waals surface area contributed by atoms with Crippen LogP contribution in [0.1, 0.15) is 32.8 Å². The normalized spacial score (nSPS) is 17.9. The number of likely N-dealkylation sites (tertiary alicyclic amines) is 1. The first-order valence-electron chi connectivity index (χ1n) is 12.6. The first kappa shape index (κ1) is 28.0. The molecule has 0 spiro atoms. The Balaban J connectivity index is 1.71. The van der Waals surface area contributed by atoms with Gasteiger partial charge in [0, 0.05) is 12.0 Å². The quantitative estimate of drug-likeness (QED) is 0.337. The number of carbonyl (C=O) groups is 2. The molecule has 0 aliphatic carbocycles.